The zero-order chi connectivity index (χ0) is 18.3. The van der Waals surface area contributed by atoms with Crippen LogP contribution in [0.4, 0.5) is 5.69 Å². The van der Waals surface area contributed by atoms with Gasteiger partial charge in [0.1, 0.15) is 6.04 Å². The first-order chi connectivity index (χ1) is 11.3. The van der Waals surface area contributed by atoms with E-state index in [1.54, 1.807) is 24.3 Å². The summed E-state index contributed by atoms with van der Waals surface area (Å²) in [5, 5.41) is 14.0. The molecule has 24 heavy (non-hydrogen) atoms. The van der Waals surface area contributed by atoms with Crippen LogP contribution in [0.1, 0.15) is 50.9 Å². The number of anilines is 1. The molecule has 0 heterocycles. The number of nitrogens with one attached hydrogen (secondary N) is 2. The predicted octanol–water partition coefficient (Wildman–Crippen LogP) is 2.90. The highest BCUT2D eigenvalue weighted by atomic mass is 16.4. The highest BCUT2D eigenvalue weighted by molar-refractivity contribution is 5.97. The van der Waals surface area contributed by atoms with E-state index in [1.807, 2.05) is 20.8 Å². The number of benzene rings is 1. The summed E-state index contributed by atoms with van der Waals surface area (Å²) in [5.41, 5.74) is 0.958. The highest BCUT2D eigenvalue weighted by Gasteiger charge is 2.21. The number of amides is 2. The van der Waals surface area contributed by atoms with Crippen LogP contribution < -0.4 is 10.6 Å². The van der Waals surface area contributed by atoms with Gasteiger partial charge in [-0.25, -0.2) is 0 Å². The summed E-state index contributed by atoms with van der Waals surface area (Å²) >= 11 is 0. The van der Waals surface area contributed by atoms with E-state index in [9.17, 15) is 14.4 Å². The molecule has 0 bridgehead atoms. The van der Waals surface area contributed by atoms with Gasteiger partial charge in [-0.2, -0.15) is 0 Å². The van der Waals surface area contributed by atoms with Crippen LogP contribution in [-0.2, 0) is 9.59 Å². The van der Waals surface area contributed by atoms with Crippen LogP contribution in [-0.4, -0.2) is 28.9 Å². The number of hydrogen-bond donors (Lipinski definition) is 3. The maximum Gasteiger partial charge on any atom is 0.325 e. The van der Waals surface area contributed by atoms with Crippen molar-refractivity contribution in [1.82, 2.24) is 5.32 Å². The summed E-state index contributed by atoms with van der Waals surface area (Å²) < 4.78 is 0. The van der Waals surface area contributed by atoms with Gasteiger partial charge in [-0.05, 0) is 43.5 Å². The fraction of sp³-hybridized carbons (Fsp3) is 0.500. The Morgan fingerprint density at radius 2 is 1.67 bits per heavy atom. The molecule has 0 aliphatic carbocycles. The fourth-order valence-electron chi connectivity index (χ4n) is 2.36. The molecule has 0 fully saturated rings. The van der Waals surface area contributed by atoms with Crippen molar-refractivity contribution in [3.8, 4) is 0 Å². The summed E-state index contributed by atoms with van der Waals surface area (Å²) in [6, 6.07) is 5.44. The molecule has 0 saturated heterocycles. The van der Waals surface area contributed by atoms with Gasteiger partial charge in [0.05, 0.1) is 0 Å². The van der Waals surface area contributed by atoms with Crippen molar-refractivity contribution in [2.45, 2.75) is 46.6 Å². The summed E-state index contributed by atoms with van der Waals surface area (Å²) in [6.45, 7) is 7.50. The molecular formula is C18H26N2O4. The number of hydrogen-bond acceptors (Lipinski definition) is 3. The highest BCUT2D eigenvalue weighted by Crippen LogP contribution is 2.20. The summed E-state index contributed by atoms with van der Waals surface area (Å²) in [7, 11) is 0. The normalized spacial score (nSPS) is 13.2. The third-order valence-corrected chi connectivity index (χ3v) is 3.87. The zero-order valence-corrected chi connectivity index (χ0v) is 14.6. The third-order valence-electron chi connectivity index (χ3n) is 3.87. The summed E-state index contributed by atoms with van der Waals surface area (Å²) in [5.74, 6) is -1.37. The Labute approximate surface area is 142 Å². The first-order valence-electron chi connectivity index (χ1n) is 8.20. The van der Waals surface area contributed by atoms with Gasteiger partial charge in [-0.15, -0.1) is 0 Å². The van der Waals surface area contributed by atoms with E-state index >= 15 is 0 Å². The monoisotopic (exact) mass is 334 g/mol. The van der Waals surface area contributed by atoms with Crippen LogP contribution >= 0.6 is 0 Å². The van der Waals surface area contributed by atoms with E-state index in [0.29, 0.717) is 11.3 Å². The van der Waals surface area contributed by atoms with Gasteiger partial charge in [0.25, 0.3) is 5.91 Å². The molecular weight excluding hydrogens is 308 g/mol. The second-order valence-corrected chi connectivity index (χ2v) is 6.24. The lowest BCUT2D eigenvalue weighted by Gasteiger charge is -2.19. The van der Waals surface area contributed by atoms with Crippen LogP contribution in [0, 0.1) is 11.8 Å². The van der Waals surface area contributed by atoms with Crippen LogP contribution in [0.15, 0.2) is 24.3 Å². The molecule has 0 spiro atoms. The quantitative estimate of drug-likeness (QED) is 0.681. The molecule has 0 radical (unpaired) electrons. The molecule has 2 atom stereocenters. The van der Waals surface area contributed by atoms with Crippen molar-refractivity contribution in [2.75, 3.05) is 5.32 Å². The lowest BCUT2D eigenvalue weighted by molar-refractivity contribution is -0.138. The van der Waals surface area contributed by atoms with Gasteiger partial charge in [0, 0.05) is 17.2 Å². The second-order valence-electron chi connectivity index (χ2n) is 6.24. The van der Waals surface area contributed by atoms with Crippen molar-refractivity contribution in [2.24, 2.45) is 11.8 Å². The van der Waals surface area contributed by atoms with Crippen molar-refractivity contribution < 1.29 is 19.5 Å². The summed E-state index contributed by atoms with van der Waals surface area (Å²) in [6.07, 6.45) is 1.77. The largest absolute Gasteiger partial charge is 0.480 e. The van der Waals surface area contributed by atoms with Gasteiger partial charge in [0.15, 0.2) is 0 Å². The van der Waals surface area contributed by atoms with Crippen LogP contribution in [0.25, 0.3) is 0 Å². The Bertz CT molecular complexity index is 581. The van der Waals surface area contributed by atoms with E-state index in [1.165, 1.54) is 6.92 Å². The van der Waals surface area contributed by atoms with E-state index in [0.717, 1.165) is 12.8 Å². The molecule has 0 saturated carbocycles. The maximum atomic E-state index is 12.3. The molecule has 132 valence electrons. The minimum atomic E-state index is -1.09. The van der Waals surface area contributed by atoms with Crippen LogP contribution in [0.2, 0.25) is 0 Å². The number of rotatable bonds is 8. The minimum absolute atomic E-state index is 0.0245. The molecule has 6 nitrogen and oxygen atoms in total. The first-order valence-corrected chi connectivity index (χ1v) is 8.20. The second kappa shape index (κ2) is 9.05. The molecule has 1 aromatic rings. The fourth-order valence-corrected chi connectivity index (χ4v) is 2.36. The molecule has 2 unspecified atom stereocenters. The maximum absolute atomic E-state index is 12.3. The molecule has 3 N–H and O–H groups in total. The zero-order valence-electron chi connectivity index (χ0n) is 14.6. The van der Waals surface area contributed by atoms with Crippen LogP contribution in [0.5, 0.6) is 0 Å². The Morgan fingerprint density at radius 1 is 1.08 bits per heavy atom. The molecule has 0 aliphatic heterocycles. The number of aliphatic carboxylic acids is 1. The van der Waals surface area contributed by atoms with Gasteiger partial charge < -0.3 is 15.7 Å². The number of carbonyl (C=O) groups excluding carboxylic acids is 2. The van der Waals surface area contributed by atoms with Crippen molar-refractivity contribution in [3.63, 3.8) is 0 Å². The average Bonchev–Trinajstić information content (AvgIpc) is 2.52. The molecule has 0 aromatic heterocycles. The smallest absolute Gasteiger partial charge is 0.325 e. The van der Waals surface area contributed by atoms with E-state index in [2.05, 4.69) is 10.6 Å². The van der Waals surface area contributed by atoms with Gasteiger partial charge in [-0.3, -0.25) is 14.4 Å². The number of carboxylic acid groups (broad SMARTS) is 1. The lowest BCUT2D eigenvalue weighted by atomic mass is 9.90. The van der Waals surface area contributed by atoms with Gasteiger partial charge in [-0.1, -0.05) is 27.2 Å². The topological polar surface area (TPSA) is 95.5 Å². The molecule has 1 aromatic carbocycles. The van der Waals surface area contributed by atoms with Gasteiger partial charge >= 0.3 is 5.97 Å². The molecule has 6 heteroatoms. The van der Waals surface area contributed by atoms with E-state index in [4.69, 9.17) is 5.11 Å². The van der Waals surface area contributed by atoms with Crippen molar-refractivity contribution in [1.29, 1.82) is 0 Å². The molecule has 1 rings (SSSR count). The Morgan fingerprint density at radius 3 is 2.12 bits per heavy atom. The van der Waals surface area contributed by atoms with Crippen LogP contribution in [0.3, 0.4) is 0 Å². The van der Waals surface area contributed by atoms with Gasteiger partial charge in [0.2, 0.25) is 5.91 Å². The Balaban J connectivity index is 2.72. The minimum Gasteiger partial charge on any atom is -0.480 e. The molecule has 2 amide bonds. The SMILES string of the molecule is CCCC(C(=O)Nc1ccc(C(=O)NC(C)C(=O)O)cc1)C(C)C. The summed E-state index contributed by atoms with van der Waals surface area (Å²) in [4.78, 5) is 35.0. The van der Waals surface area contributed by atoms with Crippen molar-refractivity contribution >= 4 is 23.5 Å². The third kappa shape index (κ3) is 5.68. The average molecular weight is 334 g/mol. The standard InChI is InChI=1S/C18H26N2O4/c1-5-6-15(11(2)3)17(22)20-14-9-7-13(8-10-14)16(21)19-12(4)18(23)24/h7-12,15H,5-6H2,1-4H3,(H,19,21)(H,20,22)(H,23,24). The first kappa shape index (κ1) is 19.7. The number of carbonyl (C=O) groups is 3. The van der Waals surface area contributed by atoms with E-state index in [-0.39, 0.29) is 17.7 Å². The van der Waals surface area contributed by atoms with Crippen molar-refractivity contribution in [3.05, 3.63) is 29.8 Å². The molecule has 0 aliphatic rings. The predicted molar refractivity (Wildman–Crippen MR) is 92.9 cm³/mol. The number of carboxylic acids is 1. The lowest BCUT2D eigenvalue weighted by Crippen LogP contribution is -2.38. The Hall–Kier alpha value is -2.37. The van der Waals surface area contributed by atoms with E-state index < -0.39 is 17.9 Å². The Kier molecular flexibility index (Phi) is 7.42.